The third-order valence-electron chi connectivity index (χ3n) is 6.37. The molecule has 1 heterocycles. The molecule has 0 saturated heterocycles. The second kappa shape index (κ2) is 7.12. The van der Waals surface area contributed by atoms with Crippen LogP contribution in [0.3, 0.4) is 0 Å². The van der Waals surface area contributed by atoms with Gasteiger partial charge in [0.15, 0.2) is 5.78 Å². The maximum atomic E-state index is 13.4. The summed E-state index contributed by atoms with van der Waals surface area (Å²) in [7, 11) is 0. The number of rotatable bonds is 3. The van der Waals surface area contributed by atoms with E-state index in [9.17, 15) is 9.59 Å². The lowest BCUT2D eigenvalue weighted by atomic mass is 9.62. The Labute approximate surface area is 153 Å². The second-order valence-electron chi connectivity index (χ2n) is 7.92. The highest BCUT2D eigenvalue weighted by molar-refractivity contribution is 6.06. The fourth-order valence-corrected chi connectivity index (χ4v) is 5.20. The topological polar surface area (TPSA) is 94.9 Å². The Morgan fingerprint density at radius 3 is 2.73 bits per heavy atom. The number of Topliss-reactive ketones (excluding diaryl/α,β-unsaturated/α-hetero) is 2. The summed E-state index contributed by atoms with van der Waals surface area (Å²) in [5, 5.41) is 7.07. The van der Waals surface area contributed by atoms with Gasteiger partial charge in [-0.25, -0.2) is 0 Å². The maximum Gasteiger partial charge on any atom is 0.170 e. The Kier molecular flexibility index (Phi) is 4.68. The van der Waals surface area contributed by atoms with E-state index in [1.807, 2.05) is 18.2 Å². The fraction of sp³-hybridized carbons (Fsp3) is 0.600. The van der Waals surface area contributed by atoms with Crippen LogP contribution in [0.25, 0.3) is 10.4 Å². The molecule has 6 heteroatoms. The number of anilines is 1. The smallest absolute Gasteiger partial charge is 0.170 e. The molecule has 0 amide bonds. The van der Waals surface area contributed by atoms with E-state index in [0.717, 1.165) is 24.1 Å². The number of benzene rings is 1. The molecular formula is C20H24N4O2. The highest BCUT2D eigenvalue weighted by atomic mass is 16.1. The summed E-state index contributed by atoms with van der Waals surface area (Å²) in [6.45, 7) is 0.246. The summed E-state index contributed by atoms with van der Waals surface area (Å²) in [4.78, 5) is 28.5. The number of hydrogen-bond acceptors (Lipinski definition) is 4. The molecule has 1 aliphatic heterocycles. The SMILES string of the molecule is [N-]=[N+]=NCc1ccc2c(c1)C(=O)C1C(CC(=O)CC1C1CCCCC1)N2. The third kappa shape index (κ3) is 3.10. The highest BCUT2D eigenvalue weighted by Gasteiger charge is 2.47. The molecule has 2 aliphatic carbocycles. The van der Waals surface area contributed by atoms with Gasteiger partial charge < -0.3 is 5.32 Å². The number of carbonyl (C=O) groups is 2. The zero-order valence-electron chi connectivity index (χ0n) is 14.9. The van der Waals surface area contributed by atoms with Crippen LogP contribution in [0.2, 0.25) is 0 Å². The van der Waals surface area contributed by atoms with Gasteiger partial charge in [0.25, 0.3) is 0 Å². The minimum atomic E-state index is -0.113. The molecule has 2 fully saturated rings. The van der Waals surface area contributed by atoms with Crippen LogP contribution in [-0.2, 0) is 11.3 Å². The standard InChI is InChI=1S/C20H24N4O2/c21-24-22-11-12-6-7-17-16(8-12)20(26)19-15(13-4-2-1-3-5-13)9-14(25)10-18(19)23-17/h6-8,13,15,18-19,23H,1-5,9-11H2. The van der Waals surface area contributed by atoms with E-state index in [2.05, 4.69) is 15.3 Å². The second-order valence-corrected chi connectivity index (χ2v) is 7.92. The summed E-state index contributed by atoms with van der Waals surface area (Å²) in [5.41, 5.74) is 10.9. The number of hydrogen-bond donors (Lipinski definition) is 1. The predicted octanol–water partition coefficient (Wildman–Crippen LogP) is 4.65. The number of carbonyl (C=O) groups excluding carboxylic acids is 2. The van der Waals surface area contributed by atoms with Gasteiger partial charge in [0.05, 0.1) is 6.54 Å². The Morgan fingerprint density at radius 2 is 1.96 bits per heavy atom. The van der Waals surface area contributed by atoms with Crippen LogP contribution in [0.15, 0.2) is 23.3 Å². The van der Waals surface area contributed by atoms with Crippen molar-refractivity contribution in [3.8, 4) is 0 Å². The molecule has 2 saturated carbocycles. The van der Waals surface area contributed by atoms with E-state index >= 15 is 0 Å². The van der Waals surface area contributed by atoms with Gasteiger partial charge in [-0.15, -0.1) is 0 Å². The number of fused-ring (bicyclic) bond motifs is 2. The zero-order valence-corrected chi connectivity index (χ0v) is 14.9. The van der Waals surface area contributed by atoms with Crippen molar-refractivity contribution in [3.05, 3.63) is 39.8 Å². The minimum Gasteiger partial charge on any atom is -0.381 e. The summed E-state index contributed by atoms with van der Waals surface area (Å²) in [6, 6.07) is 5.52. The zero-order chi connectivity index (χ0) is 18.1. The Bertz CT molecular complexity index is 778. The predicted molar refractivity (Wildman–Crippen MR) is 98.8 cm³/mol. The average Bonchev–Trinajstić information content (AvgIpc) is 2.66. The van der Waals surface area contributed by atoms with E-state index in [4.69, 9.17) is 5.53 Å². The van der Waals surface area contributed by atoms with Crippen LogP contribution in [-0.4, -0.2) is 17.6 Å². The van der Waals surface area contributed by atoms with E-state index in [1.165, 1.54) is 19.3 Å². The van der Waals surface area contributed by atoms with Gasteiger partial charge in [-0.2, -0.15) is 0 Å². The van der Waals surface area contributed by atoms with Gasteiger partial charge in [-0.05, 0) is 35.1 Å². The number of nitrogens with zero attached hydrogens (tertiary/aromatic N) is 3. The average molecular weight is 352 g/mol. The first-order chi connectivity index (χ1) is 12.7. The van der Waals surface area contributed by atoms with Crippen LogP contribution in [0.1, 0.15) is 60.9 Å². The normalized spacial score (nSPS) is 28.5. The first kappa shape index (κ1) is 17.1. The highest BCUT2D eigenvalue weighted by Crippen LogP contribution is 2.45. The lowest BCUT2D eigenvalue weighted by molar-refractivity contribution is -0.123. The van der Waals surface area contributed by atoms with Crippen LogP contribution < -0.4 is 5.32 Å². The van der Waals surface area contributed by atoms with Crippen molar-refractivity contribution < 1.29 is 9.59 Å². The molecule has 1 aromatic rings. The van der Waals surface area contributed by atoms with Crippen LogP contribution >= 0.6 is 0 Å². The number of ketones is 2. The molecule has 3 atom stereocenters. The maximum absolute atomic E-state index is 13.4. The quantitative estimate of drug-likeness (QED) is 0.487. The van der Waals surface area contributed by atoms with Gasteiger partial charge in [-0.3, -0.25) is 9.59 Å². The summed E-state index contributed by atoms with van der Waals surface area (Å²) < 4.78 is 0. The van der Waals surface area contributed by atoms with Crippen molar-refractivity contribution in [3.63, 3.8) is 0 Å². The molecule has 6 nitrogen and oxygen atoms in total. The molecular weight excluding hydrogens is 328 g/mol. The first-order valence-electron chi connectivity index (χ1n) is 9.63. The molecule has 136 valence electrons. The van der Waals surface area contributed by atoms with E-state index in [0.29, 0.717) is 24.3 Å². The molecule has 1 N–H and O–H groups in total. The van der Waals surface area contributed by atoms with Crippen molar-refractivity contribution in [2.45, 2.75) is 57.5 Å². The molecule has 3 aliphatic rings. The van der Waals surface area contributed by atoms with Crippen LogP contribution in [0, 0.1) is 17.8 Å². The molecule has 0 radical (unpaired) electrons. The lowest BCUT2D eigenvalue weighted by Crippen LogP contribution is -2.50. The fourth-order valence-electron chi connectivity index (χ4n) is 5.20. The molecule has 1 aromatic carbocycles. The molecule has 0 spiro atoms. The lowest BCUT2D eigenvalue weighted by Gasteiger charge is -2.45. The van der Waals surface area contributed by atoms with Crippen LogP contribution in [0.5, 0.6) is 0 Å². The molecule has 3 unspecified atom stereocenters. The first-order valence-corrected chi connectivity index (χ1v) is 9.63. The number of nitrogens with one attached hydrogen (secondary N) is 1. The molecule has 26 heavy (non-hydrogen) atoms. The van der Waals surface area contributed by atoms with E-state index in [1.54, 1.807) is 0 Å². The Hall–Kier alpha value is -2.33. The largest absolute Gasteiger partial charge is 0.381 e. The van der Waals surface area contributed by atoms with Crippen molar-refractivity contribution in [1.29, 1.82) is 0 Å². The minimum absolute atomic E-state index is 0.0776. The van der Waals surface area contributed by atoms with Gasteiger partial charge in [-0.1, -0.05) is 43.3 Å². The molecule has 0 aromatic heterocycles. The van der Waals surface area contributed by atoms with Crippen molar-refractivity contribution in [2.24, 2.45) is 22.9 Å². The van der Waals surface area contributed by atoms with Crippen LogP contribution in [0.4, 0.5) is 5.69 Å². The third-order valence-corrected chi connectivity index (χ3v) is 6.37. The van der Waals surface area contributed by atoms with Gasteiger partial charge in [0.1, 0.15) is 5.78 Å². The number of azide groups is 1. The molecule has 0 bridgehead atoms. The van der Waals surface area contributed by atoms with E-state index < -0.39 is 0 Å². The summed E-state index contributed by atoms with van der Waals surface area (Å²) >= 11 is 0. The Balaban J connectivity index is 1.66. The van der Waals surface area contributed by atoms with Gasteiger partial charge in [0.2, 0.25) is 0 Å². The summed E-state index contributed by atoms with van der Waals surface area (Å²) in [5.74, 6) is 0.979. The van der Waals surface area contributed by atoms with Crippen molar-refractivity contribution in [2.75, 3.05) is 5.32 Å². The Morgan fingerprint density at radius 1 is 1.15 bits per heavy atom. The van der Waals surface area contributed by atoms with Crippen molar-refractivity contribution >= 4 is 17.3 Å². The summed E-state index contributed by atoms with van der Waals surface area (Å²) in [6.07, 6.45) is 6.95. The van der Waals surface area contributed by atoms with Gasteiger partial charge in [0, 0.05) is 41.0 Å². The monoisotopic (exact) mass is 352 g/mol. The molecule has 4 rings (SSSR count). The van der Waals surface area contributed by atoms with Gasteiger partial charge >= 0.3 is 0 Å². The van der Waals surface area contributed by atoms with Crippen molar-refractivity contribution in [1.82, 2.24) is 0 Å². The van der Waals surface area contributed by atoms with E-state index in [-0.39, 0.29) is 36.0 Å².